The summed E-state index contributed by atoms with van der Waals surface area (Å²) in [5.41, 5.74) is 10.0. The van der Waals surface area contributed by atoms with Crippen LogP contribution in [0.5, 0.6) is 0 Å². The molecule has 0 spiro atoms. The lowest BCUT2D eigenvalue weighted by Gasteiger charge is -2.07. The number of halogens is 1. The summed E-state index contributed by atoms with van der Waals surface area (Å²) < 4.78 is 13.6. The first kappa shape index (κ1) is 10.7. The first-order valence-corrected chi connectivity index (χ1v) is 5.20. The van der Waals surface area contributed by atoms with E-state index in [0.29, 0.717) is 11.3 Å². The van der Waals surface area contributed by atoms with E-state index in [4.69, 9.17) is 5.73 Å². The summed E-state index contributed by atoms with van der Waals surface area (Å²) >= 11 is 0. The van der Waals surface area contributed by atoms with E-state index in [1.165, 1.54) is 11.6 Å². The van der Waals surface area contributed by atoms with Crippen LogP contribution in [0.3, 0.4) is 0 Å². The molecule has 2 N–H and O–H groups in total. The molecule has 0 aliphatic heterocycles. The molecule has 0 radical (unpaired) electrons. The van der Waals surface area contributed by atoms with Crippen molar-refractivity contribution in [2.45, 2.75) is 13.8 Å². The van der Waals surface area contributed by atoms with Crippen LogP contribution >= 0.6 is 0 Å². The third-order valence-electron chi connectivity index (χ3n) is 2.81. The number of hydrogen-bond donors (Lipinski definition) is 1. The van der Waals surface area contributed by atoms with E-state index in [-0.39, 0.29) is 5.82 Å². The van der Waals surface area contributed by atoms with E-state index in [2.05, 4.69) is 0 Å². The highest BCUT2D eigenvalue weighted by atomic mass is 19.1. The molecule has 82 valence electrons. The Hall–Kier alpha value is -1.83. The fourth-order valence-corrected chi connectivity index (χ4v) is 1.67. The van der Waals surface area contributed by atoms with Crippen LogP contribution in [0.1, 0.15) is 11.1 Å². The molecule has 2 rings (SSSR count). The Morgan fingerprint density at radius 1 is 0.938 bits per heavy atom. The van der Waals surface area contributed by atoms with Gasteiger partial charge in [-0.25, -0.2) is 4.39 Å². The van der Waals surface area contributed by atoms with Crippen LogP contribution in [-0.2, 0) is 0 Å². The monoisotopic (exact) mass is 215 g/mol. The number of anilines is 1. The van der Waals surface area contributed by atoms with Crippen molar-refractivity contribution in [3.8, 4) is 11.1 Å². The van der Waals surface area contributed by atoms with Crippen LogP contribution in [0.15, 0.2) is 36.4 Å². The molecule has 1 nitrogen and oxygen atoms in total. The van der Waals surface area contributed by atoms with Crippen molar-refractivity contribution >= 4 is 5.69 Å². The Kier molecular flexibility index (Phi) is 2.65. The van der Waals surface area contributed by atoms with Crippen molar-refractivity contribution in [2.24, 2.45) is 0 Å². The number of benzene rings is 2. The molecule has 2 aromatic rings. The molecule has 0 aromatic heterocycles. The summed E-state index contributed by atoms with van der Waals surface area (Å²) in [5.74, 6) is -0.238. The van der Waals surface area contributed by atoms with Crippen LogP contribution in [0.25, 0.3) is 11.1 Å². The average Bonchev–Trinajstić information content (AvgIpc) is 2.26. The van der Waals surface area contributed by atoms with Crippen LogP contribution in [0, 0.1) is 19.7 Å². The van der Waals surface area contributed by atoms with Gasteiger partial charge in [-0.05, 0) is 48.7 Å². The number of hydrogen-bond acceptors (Lipinski definition) is 1. The normalized spacial score (nSPS) is 10.4. The van der Waals surface area contributed by atoms with Gasteiger partial charge >= 0.3 is 0 Å². The molecule has 2 aromatic carbocycles. The second kappa shape index (κ2) is 3.97. The van der Waals surface area contributed by atoms with Gasteiger partial charge in [-0.15, -0.1) is 0 Å². The lowest BCUT2D eigenvalue weighted by atomic mass is 10.00. The zero-order chi connectivity index (χ0) is 11.7. The minimum absolute atomic E-state index is 0.238. The molecule has 0 amide bonds. The zero-order valence-electron chi connectivity index (χ0n) is 9.42. The van der Waals surface area contributed by atoms with Gasteiger partial charge in [-0.2, -0.15) is 0 Å². The molecule has 0 aliphatic rings. The van der Waals surface area contributed by atoms with Gasteiger partial charge in [-0.1, -0.05) is 18.2 Å². The van der Waals surface area contributed by atoms with E-state index < -0.39 is 0 Å². The molecule has 0 saturated carbocycles. The molecular formula is C14H14FN. The van der Waals surface area contributed by atoms with Gasteiger partial charge in [0.15, 0.2) is 0 Å². The minimum Gasteiger partial charge on any atom is -0.399 e. The van der Waals surface area contributed by atoms with Gasteiger partial charge in [0, 0.05) is 11.3 Å². The second-order valence-electron chi connectivity index (χ2n) is 4.04. The predicted octanol–water partition coefficient (Wildman–Crippen LogP) is 3.69. The van der Waals surface area contributed by atoms with Gasteiger partial charge in [0.1, 0.15) is 5.82 Å². The average molecular weight is 215 g/mol. The SMILES string of the molecule is Cc1ccc(-c2cc(N)ccc2F)cc1C. The number of aryl methyl sites for hydroxylation is 2. The molecule has 16 heavy (non-hydrogen) atoms. The summed E-state index contributed by atoms with van der Waals surface area (Å²) in [7, 11) is 0. The third-order valence-corrected chi connectivity index (χ3v) is 2.81. The molecular weight excluding hydrogens is 201 g/mol. The molecule has 0 heterocycles. The zero-order valence-corrected chi connectivity index (χ0v) is 9.42. The molecule has 0 aliphatic carbocycles. The first-order valence-electron chi connectivity index (χ1n) is 5.20. The molecule has 0 unspecified atom stereocenters. The Morgan fingerprint density at radius 3 is 2.38 bits per heavy atom. The van der Waals surface area contributed by atoms with Crippen molar-refractivity contribution in [1.29, 1.82) is 0 Å². The summed E-state index contributed by atoms with van der Waals surface area (Å²) in [6.45, 7) is 4.05. The molecule has 0 saturated heterocycles. The highest BCUT2D eigenvalue weighted by molar-refractivity contribution is 5.69. The highest BCUT2D eigenvalue weighted by Gasteiger charge is 2.06. The Balaban J connectivity index is 2.58. The summed E-state index contributed by atoms with van der Waals surface area (Å²) in [5, 5.41) is 0. The first-order chi connectivity index (χ1) is 7.58. The quantitative estimate of drug-likeness (QED) is 0.721. The fraction of sp³-hybridized carbons (Fsp3) is 0.143. The Labute approximate surface area is 94.7 Å². The van der Waals surface area contributed by atoms with Crippen molar-refractivity contribution in [2.75, 3.05) is 5.73 Å². The van der Waals surface area contributed by atoms with E-state index in [1.807, 2.05) is 32.0 Å². The smallest absolute Gasteiger partial charge is 0.131 e. The maximum Gasteiger partial charge on any atom is 0.131 e. The molecule has 2 heteroatoms. The van der Waals surface area contributed by atoms with E-state index in [1.54, 1.807) is 12.1 Å². The van der Waals surface area contributed by atoms with E-state index in [9.17, 15) is 4.39 Å². The van der Waals surface area contributed by atoms with Crippen molar-refractivity contribution in [3.05, 3.63) is 53.3 Å². The minimum atomic E-state index is -0.238. The van der Waals surface area contributed by atoms with Crippen LogP contribution in [-0.4, -0.2) is 0 Å². The third kappa shape index (κ3) is 1.91. The predicted molar refractivity (Wildman–Crippen MR) is 65.7 cm³/mol. The summed E-state index contributed by atoms with van der Waals surface area (Å²) in [4.78, 5) is 0. The van der Waals surface area contributed by atoms with Gasteiger partial charge in [0.25, 0.3) is 0 Å². The topological polar surface area (TPSA) is 26.0 Å². The van der Waals surface area contributed by atoms with E-state index >= 15 is 0 Å². The largest absolute Gasteiger partial charge is 0.399 e. The van der Waals surface area contributed by atoms with Gasteiger partial charge < -0.3 is 5.73 Å². The van der Waals surface area contributed by atoms with Gasteiger partial charge in [0.05, 0.1) is 0 Å². The standard InChI is InChI=1S/C14H14FN/c1-9-3-4-11(7-10(9)2)13-8-12(16)5-6-14(13)15/h3-8H,16H2,1-2H3. The van der Waals surface area contributed by atoms with Crippen LogP contribution < -0.4 is 5.73 Å². The maximum absolute atomic E-state index is 13.6. The van der Waals surface area contributed by atoms with Crippen molar-refractivity contribution in [1.82, 2.24) is 0 Å². The van der Waals surface area contributed by atoms with E-state index in [0.717, 1.165) is 11.1 Å². The lowest BCUT2D eigenvalue weighted by Crippen LogP contribution is -1.90. The summed E-state index contributed by atoms with van der Waals surface area (Å²) in [6, 6.07) is 10.5. The van der Waals surface area contributed by atoms with Crippen molar-refractivity contribution < 1.29 is 4.39 Å². The number of nitrogens with two attached hydrogens (primary N) is 1. The van der Waals surface area contributed by atoms with Crippen LogP contribution in [0.4, 0.5) is 10.1 Å². The Bertz CT molecular complexity index is 532. The molecule has 0 fully saturated rings. The highest BCUT2D eigenvalue weighted by Crippen LogP contribution is 2.26. The summed E-state index contributed by atoms with van der Waals surface area (Å²) in [6.07, 6.45) is 0. The number of nitrogen functional groups attached to an aromatic ring is 1. The van der Waals surface area contributed by atoms with Gasteiger partial charge in [0.2, 0.25) is 0 Å². The maximum atomic E-state index is 13.6. The number of rotatable bonds is 1. The van der Waals surface area contributed by atoms with Crippen molar-refractivity contribution in [3.63, 3.8) is 0 Å². The Morgan fingerprint density at radius 2 is 1.69 bits per heavy atom. The second-order valence-corrected chi connectivity index (χ2v) is 4.04. The lowest BCUT2D eigenvalue weighted by molar-refractivity contribution is 0.631. The van der Waals surface area contributed by atoms with Gasteiger partial charge in [-0.3, -0.25) is 0 Å². The molecule has 0 atom stereocenters. The fourth-order valence-electron chi connectivity index (χ4n) is 1.67. The molecule has 0 bridgehead atoms. The van der Waals surface area contributed by atoms with Crippen LogP contribution in [0.2, 0.25) is 0 Å².